The van der Waals surface area contributed by atoms with Crippen LogP contribution in [0.1, 0.15) is 36.2 Å². The Morgan fingerprint density at radius 3 is 2.90 bits per heavy atom. The summed E-state index contributed by atoms with van der Waals surface area (Å²) in [5.74, 6) is -1.15. The summed E-state index contributed by atoms with van der Waals surface area (Å²) in [5.41, 5.74) is -0.383. The SMILES string of the molecule is CSC1CCCC(Nc2nc(C(=O)O)ccc2[N+](=O)[O-])C1. The third kappa shape index (κ3) is 3.84. The molecule has 1 aliphatic carbocycles. The molecular formula is C13H17N3O4S. The second-order valence-corrected chi connectivity index (χ2v) is 6.13. The molecule has 0 saturated heterocycles. The van der Waals surface area contributed by atoms with Crippen LogP contribution in [0.25, 0.3) is 0 Å². The van der Waals surface area contributed by atoms with Crippen LogP contribution in [0.2, 0.25) is 0 Å². The van der Waals surface area contributed by atoms with Gasteiger partial charge in [0.15, 0.2) is 5.69 Å². The van der Waals surface area contributed by atoms with Gasteiger partial charge in [0, 0.05) is 17.4 Å². The van der Waals surface area contributed by atoms with Gasteiger partial charge in [0.25, 0.3) is 0 Å². The highest BCUT2D eigenvalue weighted by Gasteiger charge is 2.25. The fourth-order valence-corrected chi connectivity index (χ4v) is 3.34. The number of nitrogens with zero attached hydrogens (tertiary/aromatic N) is 2. The minimum Gasteiger partial charge on any atom is -0.477 e. The van der Waals surface area contributed by atoms with E-state index in [0.717, 1.165) is 31.7 Å². The van der Waals surface area contributed by atoms with Crippen molar-refractivity contribution < 1.29 is 14.8 Å². The quantitative estimate of drug-likeness (QED) is 0.636. The number of hydrogen-bond acceptors (Lipinski definition) is 6. The highest BCUT2D eigenvalue weighted by molar-refractivity contribution is 7.99. The number of aromatic carboxylic acids is 1. The van der Waals surface area contributed by atoms with E-state index in [-0.39, 0.29) is 23.2 Å². The second kappa shape index (κ2) is 6.75. The fraction of sp³-hybridized carbons (Fsp3) is 0.538. The summed E-state index contributed by atoms with van der Waals surface area (Å²) in [5, 5.41) is 23.6. The maximum absolute atomic E-state index is 11.0. The van der Waals surface area contributed by atoms with E-state index >= 15 is 0 Å². The predicted molar refractivity (Wildman–Crippen MR) is 81.0 cm³/mol. The number of pyridine rings is 1. The fourth-order valence-electron chi connectivity index (χ4n) is 2.51. The van der Waals surface area contributed by atoms with Crippen LogP contribution >= 0.6 is 11.8 Å². The van der Waals surface area contributed by atoms with Crippen molar-refractivity contribution in [3.63, 3.8) is 0 Å². The average molecular weight is 311 g/mol. The summed E-state index contributed by atoms with van der Waals surface area (Å²) in [7, 11) is 0. The zero-order valence-electron chi connectivity index (χ0n) is 11.6. The number of rotatable bonds is 5. The molecule has 0 aliphatic heterocycles. The largest absolute Gasteiger partial charge is 0.477 e. The number of carbonyl (C=O) groups is 1. The molecule has 0 spiro atoms. The van der Waals surface area contributed by atoms with E-state index in [9.17, 15) is 14.9 Å². The minimum absolute atomic E-state index is 0.0478. The van der Waals surface area contributed by atoms with Crippen LogP contribution in [0, 0.1) is 10.1 Å². The topological polar surface area (TPSA) is 105 Å². The molecule has 1 fully saturated rings. The van der Waals surface area contributed by atoms with Crippen LogP contribution in [-0.2, 0) is 0 Å². The Bertz CT molecular complexity index is 552. The van der Waals surface area contributed by atoms with E-state index < -0.39 is 10.9 Å². The van der Waals surface area contributed by atoms with Crippen LogP contribution in [0.3, 0.4) is 0 Å². The van der Waals surface area contributed by atoms with E-state index in [1.54, 1.807) is 11.8 Å². The summed E-state index contributed by atoms with van der Waals surface area (Å²) < 4.78 is 0. The van der Waals surface area contributed by atoms with Crippen molar-refractivity contribution in [3.8, 4) is 0 Å². The number of anilines is 1. The lowest BCUT2D eigenvalue weighted by molar-refractivity contribution is -0.384. The minimum atomic E-state index is -1.20. The Labute approximate surface area is 126 Å². The summed E-state index contributed by atoms with van der Waals surface area (Å²) >= 11 is 1.79. The van der Waals surface area contributed by atoms with Gasteiger partial charge in [-0.2, -0.15) is 11.8 Å². The average Bonchev–Trinajstić information content (AvgIpc) is 2.47. The Balaban J connectivity index is 2.22. The zero-order valence-corrected chi connectivity index (χ0v) is 12.4. The molecule has 2 unspecified atom stereocenters. The van der Waals surface area contributed by atoms with Gasteiger partial charge in [-0.3, -0.25) is 10.1 Å². The molecule has 2 atom stereocenters. The number of carboxylic acids is 1. The summed E-state index contributed by atoms with van der Waals surface area (Å²) in [6.45, 7) is 0. The standard InChI is InChI=1S/C13H17N3O4S/c1-21-9-4-2-3-8(7-9)14-12-11(16(19)20)6-5-10(15-12)13(17)18/h5-6,8-9H,2-4,7H2,1H3,(H,14,15)(H,17,18). The molecule has 21 heavy (non-hydrogen) atoms. The molecule has 0 amide bonds. The number of carboxylic acid groups (broad SMARTS) is 1. The van der Waals surface area contributed by atoms with Crippen LogP contribution in [0.4, 0.5) is 11.5 Å². The number of nitro groups is 1. The highest BCUT2D eigenvalue weighted by Crippen LogP contribution is 2.31. The lowest BCUT2D eigenvalue weighted by Gasteiger charge is -2.28. The third-order valence-corrected chi connectivity index (χ3v) is 4.68. The second-order valence-electron chi connectivity index (χ2n) is 4.99. The summed E-state index contributed by atoms with van der Waals surface area (Å²) in [6.07, 6.45) is 6.06. The number of hydrogen-bond donors (Lipinski definition) is 2. The molecule has 1 aromatic rings. The van der Waals surface area contributed by atoms with Crippen LogP contribution < -0.4 is 5.32 Å². The van der Waals surface area contributed by atoms with E-state index in [1.807, 2.05) is 0 Å². The van der Waals surface area contributed by atoms with Gasteiger partial charge in [0.2, 0.25) is 5.82 Å². The van der Waals surface area contributed by atoms with Gasteiger partial charge in [-0.25, -0.2) is 9.78 Å². The zero-order chi connectivity index (χ0) is 15.4. The normalized spacial score (nSPS) is 21.8. The molecule has 1 aliphatic rings. The lowest BCUT2D eigenvalue weighted by Crippen LogP contribution is -2.29. The maximum atomic E-state index is 11.0. The van der Waals surface area contributed by atoms with Gasteiger partial charge < -0.3 is 10.4 Å². The van der Waals surface area contributed by atoms with E-state index in [1.165, 1.54) is 6.07 Å². The first-order valence-electron chi connectivity index (χ1n) is 6.69. The summed E-state index contributed by atoms with van der Waals surface area (Å²) in [4.78, 5) is 25.3. The molecule has 7 nitrogen and oxygen atoms in total. The summed E-state index contributed by atoms with van der Waals surface area (Å²) in [6, 6.07) is 2.43. The molecule has 114 valence electrons. The van der Waals surface area contributed by atoms with E-state index in [0.29, 0.717) is 5.25 Å². The number of aromatic nitrogens is 1. The molecular weight excluding hydrogens is 294 g/mol. The van der Waals surface area contributed by atoms with Gasteiger partial charge in [0.1, 0.15) is 0 Å². The van der Waals surface area contributed by atoms with Gasteiger partial charge >= 0.3 is 11.7 Å². The Morgan fingerprint density at radius 1 is 1.52 bits per heavy atom. The Hall–Kier alpha value is -1.83. The van der Waals surface area contributed by atoms with Crippen molar-refractivity contribution in [2.24, 2.45) is 0 Å². The number of thioether (sulfide) groups is 1. The molecule has 1 aromatic heterocycles. The first-order valence-corrected chi connectivity index (χ1v) is 7.98. The van der Waals surface area contributed by atoms with Crippen molar-refractivity contribution in [2.45, 2.75) is 37.0 Å². The highest BCUT2D eigenvalue weighted by atomic mass is 32.2. The number of nitrogens with one attached hydrogen (secondary N) is 1. The molecule has 8 heteroatoms. The molecule has 0 bridgehead atoms. The van der Waals surface area contributed by atoms with Gasteiger partial charge in [0.05, 0.1) is 4.92 Å². The van der Waals surface area contributed by atoms with Crippen molar-refractivity contribution in [2.75, 3.05) is 11.6 Å². The molecule has 1 saturated carbocycles. The first-order chi connectivity index (χ1) is 10.0. The Morgan fingerprint density at radius 2 is 2.29 bits per heavy atom. The van der Waals surface area contributed by atoms with Crippen molar-refractivity contribution in [3.05, 3.63) is 27.9 Å². The van der Waals surface area contributed by atoms with Crippen LogP contribution in [0.5, 0.6) is 0 Å². The van der Waals surface area contributed by atoms with Crippen molar-refractivity contribution in [1.29, 1.82) is 0 Å². The van der Waals surface area contributed by atoms with Crippen LogP contribution in [-0.4, -0.2) is 38.5 Å². The van der Waals surface area contributed by atoms with Crippen molar-refractivity contribution in [1.82, 2.24) is 4.98 Å². The molecule has 0 radical (unpaired) electrons. The van der Waals surface area contributed by atoms with Gasteiger partial charge in [-0.15, -0.1) is 0 Å². The lowest BCUT2D eigenvalue weighted by atomic mass is 9.95. The van der Waals surface area contributed by atoms with Gasteiger partial charge in [-0.1, -0.05) is 6.42 Å². The molecule has 2 rings (SSSR count). The predicted octanol–water partition coefficient (Wildman–Crippen LogP) is 2.77. The smallest absolute Gasteiger partial charge is 0.354 e. The first kappa shape index (κ1) is 15.6. The maximum Gasteiger partial charge on any atom is 0.354 e. The molecule has 0 aromatic carbocycles. The van der Waals surface area contributed by atoms with Gasteiger partial charge in [-0.05, 0) is 31.6 Å². The van der Waals surface area contributed by atoms with E-state index in [2.05, 4.69) is 16.6 Å². The van der Waals surface area contributed by atoms with Crippen molar-refractivity contribution >= 4 is 29.2 Å². The monoisotopic (exact) mass is 311 g/mol. The molecule has 1 heterocycles. The Kier molecular flexibility index (Phi) is 5.00. The van der Waals surface area contributed by atoms with Crippen LogP contribution in [0.15, 0.2) is 12.1 Å². The molecule has 2 N–H and O–H groups in total. The van der Waals surface area contributed by atoms with E-state index in [4.69, 9.17) is 5.11 Å². The third-order valence-electron chi connectivity index (χ3n) is 3.59.